The first-order valence-corrected chi connectivity index (χ1v) is 8.40. The number of amides is 1. The van der Waals surface area contributed by atoms with Crippen molar-refractivity contribution in [3.63, 3.8) is 0 Å². The zero-order valence-electron chi connectivity index (χ0n) is 13.4. The van der Waals surface area contributed by atoms with E-state index in [1.54, 1.807) is 31.5 Å². The third kappa shape index (κ3) is 3.89. The number of carbonyl (C=O) groups is 2. The first kappa shape index (κ1) is 16.8. The minimum atomic E-state index is -1.08. The topological polar surface area (TPSA) is 92.2 Å². The molecule has 0 bridgehead atoms. The first-order valence-electron chi connectivity index (χ1n) is 7.52. The predicted octanol–water partition coefficient (Wildman–Crippen LogP) is 3.39. The van der Waals surface area contributed by atoms with Gasteiger partial charge in [0.2, 0.25) is 5.91 Å². The van der Waals surface area contributed by atoms with Gasteiger partial charge in [0.1, 0.15) is 5.01 Å². The van der Waals surface area contributed by atoms with Gasteiger partial charge in [0, 0.05) is 23.3 Å². The Morgan fingerprint density at radius 1 is 1.24 bits per heavy atom. The summed E-state index contributed by atoms with van der Waals surface area (Å²) in [4.78, 5) is 32.1. The molecule has 0 spiro atoms. The molecular formula is C18H15N3O3S. The summed E-state index contributed by atoms with van der Waals surface area (Å²) in [6.07, 6.45) is 3.48. The lowest BCUT2D eigenvalue weighted by atomic mass is 10.1. The highest BCUT2D eigenvalue weighted by Gasteiger charge is 2.15. The first-order chi connectivity index (χ1) is 12.0. The Morgan fingerprint density at radius 2 is 2.08 bits per heavy atom. The van der Waals surface area contributed by atoms with Gasteiger partial charge in [-0.2, -0.15) is 0 Å². The van der Waals surface area contributed by atoms with Crippen LogP contribution in [0, 0.1) is 6.92 Å². The van der Waals surface area contributed by atoms with Gasteiger partial charge in [-0.3, -0.25) is 9.78 Å². The molecule has 2 N–H and O–H groups in total. The number of carboxylic acid groups (broad SMARTS) is 1. The lowest BCUT2D eigenvalue weighted by molar-refractivity contribution is -0.115. The number of anilines is 1. The summed E-state index contributed by atoms with van der Waals surface area (Å²) < 4.78 is 0. The quantitative estimate of drug-likeness (QED) is 0.733. The second-order valence-electron chi connectivity index (χ2n) is 5.41. The molecule has 3 rings (SSSR count). The molecule has 1 amide bonds. The normalized spacial score (nSPS) is 10.4. The molecule has 0 radical (unpaired) electrons. The van der Waals surface area contributed by atoms with Gasteiger partial charge in [-0.25, -0.2) is 9.78 Å². The van der Waals surface area contributed by atoms with Gasteiger partial charge >= 0.3 is 5.97 Å². The fourth-order valence-electron chi connectivity index (χ4n) is 2.37. The summed E-state index contributed by atoms with van der Waals surface area (Å²) in [6, 6.07) is 8.60. The second-order valence-corrected chi connectivity index (χ2v) is 6.27. The van der Waals surface area contributed by atoms with Crippen molar-refractivity contribution in [2.24, 2.45) is 0 Å². The molecule has 0 saturated heterocycles. The van der Waals surface area contributed by atoms with E-state index in [0.29, 0.717) is 16.9 Å². The molecule has 7 heteroatoms. The largest absolute Gasteiger partial charge is 0.478 e. The number of hydrogen-bond acceptors (Lipinski definition) is 5. The van der Waals surface area contributed by atoms with E-state index >= 15 is 0 Å². The summed E-state index contributed by atoms with van der Waals surface area (Å²) in [6.45, 7) is 1.76. The predicted molar refractivity (Wildman–Crippen MR) is 95.8 cm³/mol. The van der Waals surface area contributed by atoms with Gasteiger partial charge in [0.05, 0.1) is 23.4 Å². The van der Waals surface area contributed by atoms with Crippen LogP contribution in [0.1, 0.15) is 21.6 Å². The number of nitrogens with one attached hydrogen (secondary N) is 1. The van der Waals surface area contributed by atoms with Crippen LogP contribution in [0.5, 0.6) is 0 Å². The number of pyridine rings is 1. The fraction of sp³-hybridized carbons (Fsp3) is 0.111. The van der Waals surface area contributed by atoms with E-state index in [0.717, 1.165) is 10.6 Å². The zero-order valence-corrected chi connectivity index (χ0v) is 14.2. The van der Waals surface area contributed by atoms with Crippen LogP contribution >= 0.6 is 11.3 Å². The lowest BCUT2D eigenvalue weighted by Crippen LogP contribution is -2.18. The number of thiazole rings is 1. The SMILES string of the molecule is Cc1cccc(C(=O)O)c1NC(=O)Cc1csc(-c2cccnc2)n1. The van der Waals surface area contributed by atoms with Gasteiger partial charge in [-0.15, -0.1) is 11.3 Å². The monoisotopic (exact) mass is 353 g/mol. The molecule has 2 heterocycles. The maximum Gasteiger partial charge on any atom is 0.337 e. The molecular weight excluding hydrogens is 338 g/mol. The molecule has 0 unspecified atom stereocenters. The molecule has 25 heavy (non-hydrogen) atoms. The average molecular weight is 353 g/mol. The Labute approximate surface area is 148 Å². The molecule has 3 aromatic rings. The van der Waals surface area contributed by atoms with E-state index in [9.17, 15) is 14.7 Å². The minimum Gasteiger partial charge on any atom is -0.478 e. The van der Waals surface area contributed by atoms with Crippen LogP contribution in [-0.4, -0.2) is 27.0 Å². The van der Waals surface area contributed by atoms with Crippen LogP contribution < -0.4 is 5.32 Å². The second kappa shape index (κ2) is 7.23. The highest BCUT2D eigenvalue weighted by molar-refractivity contribution is 7.13. The van der Waals surface area contributed by atoms with Crippen molar-refractivity contribution >= 4 is 28.9 Å². The van der Waals surface area contributed by atoms with Gasteiger partial charge in [0.25, 0.3) is 0 Å². The van der Waals surface area contributed by atoms with Crippen molar-refractivity contribution in [1.29, 1.82) is 0 Å². The highest BCUT2D eigenvalue weighted by Crippen LogP contribution is 2.24. The summed E-state index contributed by atoms with van der Waals surface area (Å²) in [7, 11) is 0. The standard InChI is InChI=1S/C18H15N3O3S/c1-11-4-2-6-14(18(23)24)16(11)21-15(22)8-13-10-25-17(20-13)12-5-3-7-19-9-12/h2-7,9-10H,8H2,1H3,(H,21,22)(H,23,24). The van der Waals surface area contributed by atoms with Crippen LogP contribution in [0.2, 0.25) is 0 Å². The van der Waals surface area contributed by atoms with E-state index in [-0.39, 0.29) is 17.9 Å². The molecule has 0 aliphatic heterocycles. The number of carboxylic acids is 1. The van der Waals surface area contributed by atoms with Crippen molar-refractivity contribution < 1.29 is 14.7 Å². The van der Waals surface area contributed by atoms with Gasteiger partial charge in [-0.1, -0.05) is 12.1 Å². The Bertz CT molecular complexity index is 922. The van der Waals surface area contributed by atoms with Gasteiger partial charge in [-0.05, 0) is 30.7 Å². The lowest BCUT2D eigenvalue weighted by Gasteiger charge is -2.10. The van der Waals surface area contributed by atoms with E-state index in [1.807, 2.05) is 17.5 Å². The molecule has 0 fully saturated rings. The van der Waals surface area contributed by atoms with Crippen LogP contribution in [-0.2, 0) is 11.2 Å². The van der Waals surface area contributed by atoms with Crippen LogP contribution in [0.4, 0.5) is 5.69 Å². The Kier molecular flexibility index (Phi) is 4.85. The van der Waals surface area contributed by atoms with E-state index < -0.39 is 5.97 Å². The van der Waals surface area contributed by atoms with Gasteiger partial charge in [0.15, 0.2) is 0 Å². The molecule has 0 aliphatic carbocycles. The third-order valence-corrected chi connectivity index (χ3v) is 4.51. The van der Waals surface area contributed by atoms with E-state index in [2.05, 4.69) is 15.3 Å². The molecule has 0 saturated carbocycles. The number of rotatable bonds is 5. The fourth-order valence-corrected chi connectivity index (χ4v) is 3.18. The molecule has 6 nitrogen and oxygen atoms in total. The zero-order chi connectivity index (χ0) is 17.8. The van der Waals surface area contributed by atoms with Crippen molar-refractivity contribution in [3.8, 4) is 10.6 Å². The van der Waals surface area contributed by atoms with Crippen LogP contribution in [0.25, 0.3) is 10.6 Å². The molecule has 0 aliphatic rings. The number of carbonyl (C=O) groups excluding carboxylic acids is 1. The highest BCUT2D eigenvalue weighted by atomic mass is 32.1. The smallest absolute Gasteiger partial charge is 0.337 e. The minimum absolute atomic E-state index is 0.0719. The molecule has 1 aromatic carbocycles. The number of benzene rings is 1. The molecule has 2 aromatic heterocycles. The summed E-state index contributed by atoms with van der Waals surface area (Å²) in [5.41, 5.74) is 2.62. The Balaban J connectivity index is 1.74. The third-order valence-electron chi connectivity index (χ3n) is 3.57. The number of hydrogen-bond donors (Lipinski definition) is 2. The Morgan fingerprint density at radius 3 is 2.80 bits per heavy atom. The van der Waals surface area contributed by atoms with Crippen molar-refractivity contribution in [1.82, 2.24) is 9.97 Å². The number of nitrogens with zero attached hydrogens (tertiary/aromatic N) is 2. The Hall–Kier alpha value is -3.06. The van der Waals surface area contributed by atoms with Crippen molar-refractivity contribution in [3.05, 3.63) is 64.9 Å². The van der Waals surface area contributed by atoms with E-state index in [1.165, 1.54) is 17.4 Å². The van der Waals surface area contributed by atoms with Crippen molar-refractivity contribution in [2.45, 2.75) is 13.3 Å². The molecule has 0 atom stereocenters. The maximum absolute atomic E-state index is 12.3. The average Bonchev–Trinajstić information content (AvgIpc) is 3.05. The molecule has 126 valence electrons. The van der Waals surface area contributed by atoms with Gasteiger partial charge < -0.3 is 10.4 Å². The van der Waals surface area contributed by atoms with Crippen LogP contribution in [0.15, 0.2) is 48.1 Å². The number of para-hydroxylation sites is 1. The number of aromatic nitrogens is 2. The van der Waals surface area contributed by atoms with Crippen molar-refractivity contribution in [2.75, 3.05) is 5.32 Å². The number of aromatic carboxylic acids is 1. The van der Waals surface area contributed by atoms with Crippen LogP contribution in [0.3, 0.4) is 0 Å². The summed E-state index contributed by atoms with van der Waals surface area (Å²) in [5, 5.41) is 14.6. The number of aryl methyl sites for hydroxylation is 1. The maximum atomic E-state index is 12.3. The summed E-state index contributed by atoms with van der Waals surface area (Å²) in [5.74, 6) is -1.38. The summed E-state index contributed by atoms with van der Waals surface area (Å²) >= 11 is 1.44. The van der Waals surface area contributed by atoms with E-state index in [4.69, 9.17) is 0 Å².